The summed E-state index contributed by atoms with van der Waals surface area (Å²) >= 11 is 1.59. The second-order valence-electron chi connectivity index (χ2n) is 4.67. The smallest absolute Gasteiger partial charge is 0.287 e. The number of nitrogens with one attached hydrogen (secondary N) is 2. The van der Waals surface area contributed by atoms with Crippen LogP contribution in [0.4, 0.5) is 0 Å². The zero-order chi connectivity index (χ0) is 15.9. The molecule has 0 spiro atoms. The van der Waals surface area contributed by atoms with Crippen molar-refractivity contribution in [1.29, 1.82) is 0 Å². The van der Waals surface area contributed by atoms with E-state index in [0.29, 0.717) is 18.7 Å². The quantitative estimate of drug-likeness (QED) is 0.634. The maximum atomic E-state index is 12.2. The average molecular weight is 318 g/mol. The van der Waals surface area contributed by atoms with E-state index in [1.54, 1.807) is 23.9 Å². The van der Waals surface area contributed by atoms with Crippen LogP contribution in [0.1, 0.15) is 26.5 Å². The third-order valence-corrected chi connectivity index (χ3v) is 3.86. The molecule has 1 heterocycles. The first-order chi connectivity index (χ1) is 10.6. The largest absolute Gasteiger partial charge is 0.459 e. The monoisotopic (exact) mass is 318 g/mol. The Labute approximate surface area is 133 Å². The van der Waals surface area contributed by atoms with Crippen molar-refractivity contribution in [1.82, 2.24) is 10.6 Å². The van der Waals surface area contributed by atoms with Crippen LogP contribution < -0.4 is 10.6 Å². The van der Waals surface area contributed by atoms with Crippen molar-refractivity contribution in [2.75, 3.05) is 19.3 Å². The molecule has 0 unspecified atom stereocenters. The number of furan rings is 1. The Bertz CT molecular complexity index is 653. The summed E-state index contributed by atoms with van der Waals surface area (Å²) in [6.07, 6.45) is 3.41. The molecule has 1 aromatic heterocycles. The van der Waals surface area contributed by atoms with E-state index in [2.05, 4.69) is 10.6 Å². The van der Waals surface area contributed by atoms with Gasteiger partial charge in [0.2, 0.25) is 0 Å². The number of rotatable bonds is 6. The van der Waals surface area contributed by atoms with Gasteiger partial charge in [-0.2, -0.15) is 0 Å². The van der Waals surface area contributed by atoms with Crippen molar-refractivity contribution in [3.8, 4) is 0 Å². The molecule has 5 nitrogen and oxygen atoms in total. The summed E-state index contributed by atoms with van der Waals surface area (Å²) in [5, 5.41) is 5.48. The highest BCUT2D eigenvalue weighted by Crippen LogP contribution is 2.18. The third-order valence-electron chi connectivity index (χ3n) is 3.13. The van der Waals surface area contributed by atoms with E-state index in [-0.39, 0.29) is 17.6 Å². The predicted molar refractivity (Wildman–Crippen MR) is 86.3 cm³/mol. The van der Waals surface area contributed by atoms with Crippen LogP contribution in [0.25, 0.3) is 0 Å². The Morgan fingerprint density at radius 2 is 1.86 bits per heavy atom. The summed E-state index contributed by atoms with van der Waals surface area (Å²) in [6, 6.07) is 9.03. The molecule has 2 N–H and O–H groups in total. The SMILES string of the molecule is CSc1ccc(C)c(C(=O)NCCNC(=O)c2ccco2)c1. The van der Waals surface area contributed by atoms with E-state index in [1.807, 2.05) is 31.4 Å². The van der Waals surface area contributed by atoms with Crippen molar-refractivity contribution in [3.05, 3.63) is 53.5 Å². The van der Waals surface area contributed by atoms with Gasteiger partial charge >= 0.3 is 0 Å². The fourth-order valence-electron chi connectivity index (χ4n) is 1.91. The van der Waals surface area contributed by atoms with Gasteiger partial charge < -0.3 is 15.1 Å². The van der Waals surface area contributed by atoms with Gasteiger partial charge in [0.15, 0.2) is 5.76 Å². The fourth-order valence-corrected chi connectivity index (χ4v) is 2.35. The molecule has 0 saturated heterocycles. The lowest BCUT2D eigenvalue weighted by Gasteiger charge is -2.09. The highest BCUT2D eigenvalue weighted by atomic mass is 32.2. The van der Waals surface area contributed by atoms with Crippen molar-refractivity contribution < 1.29 is 14.0 Å². The summed E-state index contributed by atoms with van der Waals surface area (Å²) in [4.78, 5) is 24.8. The fraction of sp³-hybridized carbons (Fsp3) is 0.250. The van der Waals surface area contributed by atoms with Crippen molar-refractivity contribution >= 4 is 23.6 Å². The topological polar surface area (TPSA) is 71.3 Å². The standard InChI is InChI=1S/C16H18N2O3S/c1-11-5-6-12(22-2)10-13(11)15(19)17-7-8-18-16(20)14-4-3-9-21-14/h3-6,9-10H,7-8H2,1-2H3,(H,17,19)(H,18,20). The van der Waals surface area contributed by atoms with Crippen LogP contribution >= 0.6 is 11.8 Å². The molecular formula is C16H18N2O3S. The van der Waals surface area contributed by atoms with Crippen molar-refractivity contribution in [2.45, 2.75) is 11.8 Å². The van der Waals surface area contributed by atoms with Crippen LogP contribution in [0.2, 0.25) is 0 Å². The molecule has 2 aromatic rings. The summed E-state index contributed by atoms with van der Waals surface area (Å²) in [6.45, 7) is 2.60. The molecule has 0 fully saturated rings. The number of benzene rings is 1. The Hall–Kier alpha value is -2.21. The Morgan fingerprint density at radius 1 is 1.14 bits per heavy atom. The van der Waals surface area contributed by atoms with Crippen LogP contribution in [0.15, 0.2) is 45.9 Å². The van der Waals surface area contributed by atoms with E-state index in [0.717, 1.165) is 10.5 Å². The lowest BCUT2D eigenvalue weighted by atomic mass is 10.1. The van der Waals surface area contributed by atoms with Gasteiger partial charge in [0.1, 0.15) is 0 Å². The molecule has 116 valence electrons. The predicted octanol–water partition coefficient (Wildman–Crippen LogP) is 2.47. The maximum absolute atomic E-state index is 12.2. The van der Waals surface area contributed by atoms with Crippen molar-refractivity contribution in [2.24, 2.45) is 0 Å². The molecule has 0 aliphatic carbocycles. The number of hydrogen-bond acceptors (Lipinski definition) is 4. The molecule has 1 aromatic carbocycles. The number of aryl methyl sites for hydroxylation is 1. The van der Waals surface area contributed by atoms with Gasteiger partial charge in [0.05, 0.1) is 6.26 Å². The zero-order valence-electron chi connectivity index (χ0n) is 12.5. The molecular weight excluding hydrogens is 300 g/mol. The van der Waals surface area contributed by atoms with Gasteiger partial charge in [-0.15, -0.1) is 11.8 Å². The van der Waals surface area contributed by atoms with E-state index in [1.165, 1.54) is 6.26 Å². The van der Waals surface area contributed by atoms with Gasteiger partial charge in [-0.05, 0) is 43.0 Å². The van der Waals surface area contributed by atoms with Gasteiger partial charge in [-0.1, -0.05) is 6.07 Å². The third kappa shape index (κ3) is 4.14. The normalized spacial score (nSPS) is 10.3. The van der Waals surface area contributed by atoms with Gasteiger partial charge in [-0.3, -0.25) is 9.59 Å². The maximum Gasteiger partial charge on any atom is 0.287 e. The second kappa shape index (κ2) is 7.70. The Kier molecular flexibility index (Phi) is 5.66. The molecule has 0 bridgehead atoms. The van der Waals surface area contributed by atoms with Crippen molar-refractivity contribution in [3.63, 3.8) is 0 Å². The molecule has 0 aliphatic rings. The Balaban J connectivity index is 1.82. The first-order valence-electron chi connectivity index (χ1n) is 6.86. The number of thioether (sulfide) groups is 1. The summed E-state index contributed by atoms with van der Waals surface area (Å²) in [5.74, 6) is -0.171. The number of amides is 2. The molecule has 2 rings (SSSR count). The van der Waals surface area contributed by atoms with Crippen LogP contribution in [0.3, 0.4) is 0 Å². The minimum Gasteiger partial charge on any atom is -0.459 e. The lowest BCUT2D eigenvalue weighted by Crippen LogP contribution is -2.34. The van der Waals surface area contributed by atoms with Gasteiger partial charge in [0.25, 0.3) is 11.8 Å². The zero-order valence-corrected chi connectivity index (χ0v) is 13.3. The molecule has 0 radical (unpaired) electrons. The summed E-state index contributed by atoms with van der Waals surface area (Å²) < 4.78 is 4.98. The molecule has 22 heavy (non-hydrogen) atoms. The molecule has 2 amide bonds. The summed E-state index contributed by atoms with van der Waals surface area (Å²) in [5.41, 5.74) is 1.58. The minimum atomic E-state index is -0.292. The number of hydrogen-bond donors (Lipinski definition) is 2. The highest BCUT2D eigenvalue weighted by molar-refractivity contribution is 7.98. The van der Waals surface area contributed by atoms with Crippen LogP contribution in [0.5, 0.6) is 0 Å². The molecule has 0 atom stereocenters. The minimum absolute atomic E-state index is 0.138. The molecule has 0 aliphatic heterocycles. The number of carbonyl (C=O) groups is 2. The van der Waals surface area contributed by atoms with E-state index in [4.69, 9.17) is 4.42 Å². The highest BCUT2D eigenvalue weighted by Gasteiger charge is 2.10. The van der Waals surface area contributed by atoms with Crippen LogP contribution in [0, 0.1) is 6.92 Å². The van der Waals surface area contributed by atoms with E-state index >= 15 is 0 Å². The van der Waals surface area contributed by atoms with E-state index in [9.17, 15) is 9.59 Å². The summed E-state index contributed by atoms with van der Waals surface area (Å²) in [7, 11) is 0. The van der Waals surface area contributed by atoms with Crippen LogP contribution in [-0.4, -0.2) is 31.2 Å². The Morgan fingerprint density at radius 3 is 2.50 bits per heavy atom. The molecule has 0 saturated carbocycles. The van der Waals surface area contributed by atoms with E-state index < -0.39 is 0 Å². The second-order valence-corrected chi connectivity index (χ2v) is 5.55. The average Bonchev–Trinajstić information content (AvgIpc) is 3.06. The molecule has 6 heteroatoms. The first kappa shape index (κ1) is 16.2. The van der Waals surface area contributed by atoms with Crippen LogP contribution in [-0.2, 0) is 0 Å². The van der Waals surface area contributed by atoms with Gasteiger partial charge in [0, 0.05) is 23.5 Å². The number of carbonyl (C=O) groups excluding carboxylic acids is 2. The lowest BCUT2D eigenvalue weighted by molar-refractivity contribution is 0.0910. The van der Waals surface area contributed by atoms with Gasteiger partial charge in [-0.25, -0.2) is 0 Å². The first-order valence-corrected chi connectivity index (χ1v) is 8.09.